The van der Waals surface area contributed by atoms with Crippen LogP contribution in [-0.2, 0) is 0 Å². The van der Waals surface area contributed by atoms with Crippen LogP contribution >= 0.6 is 23.8 Å². The topological polar surface area (TPSA) is 41.3 Å². The van der Waals surface area contributed by atoms with Gasteiger partial charge in [0.05, 0.1) is 0 Å². The molecular weight excluding hydrogens is 278 g/mol. The molecule has 0 aliphatic carbocycles. The van der Waals surface area contributed by atoms with Crippen molar-refractivity contribution < 1.29 is 0 Å². The van der Waals surface area contributed by atoms with Gasteiger partial charge in [0.15, 0.2) is 0 Å². The van der Waals surface area contributed by atoms with E-state index in [1.807, 2.05) is 12.1 Å². The summed E-state index contributed by atoms with van der Waals surface area (Å²) in [5.41, 5.74) is 7.45. The number of nitrogens with one attached hydrogen (secondary N) is 1. The van der Waals surface area contributed by atoms with Crippen molar-refractivity contribution in [3.8, 4) is 0 Å². The van der Waals surface area contributed by atoms with E-state index in [0.717, 1.165) is 30.8 Å². The molecule has 0 saturated heterocycles. The Morgan fingerprint density at radius 3 is 2.79 bits per heavy atom. The van der Waals surface area contributed by atoms with Crippen LogP contribution in [0.4, 0.5) is 5.69 Å². The van der Waals surface area contributed by atoms with Gasteiger partial charge in [-0.15, -0.1) is 0 Å². The second kappa shape index (κ2) is 7.68. The van der Waals surface area contributed by atoms with E-state index in [1.165, 1.54) is 0 Å². The molecule has 0 saturated carbocycles. The highest BCUT2D eigenvalue weighted by Crippen LogP contribution is 2.20. The summed E-state index contributed by atoms with van der Waals surface area (Å²) in [5.74, 6) is 0. The van der Waals surface area contributed by atoms with E-state index in [9.17, 15) is 0 Å². The zero-order chi connectivity index (χ0) is 14.4. The van der Waals surface area contributed by atoms with Crippen LogP contribution in [0.2, 0.25) is 5.02 Å². The van der Waals surface area contributed by atoms with E-state index in [0.29, 0.717) is 16.1 Å². The predicted octanol–water partition coefficient (Wildman–Crippen LogP) is 3.12. The van der Waals surface area contributed by atoms with E-state index >= 15 is 0 Å². The zero-order valence-electron chi connectivity index (χ0n) is 11.7. The number of hydrogen-bond acceptors (Lipinski definition) is 3. The van der Waals surface area contributed by atoms with Crippen LogP contribution in [0.1, 0.15) is 25.8 Å². The molecule has 0 spiro atoms. The first-order valence-electron chi connectivity index (χ1n) is 6.49. The molecule has 1 aromatic rings. The summed E-state index contributed by atoms with van der Waals surface area (Å²) in [6.45, 7) is 6.23. The summed E-state index contributed by atoms with van der Waals surface area (Å²) >= 11 is 11.0. The van der Waals surface area contributed by atoms with Crippen LogP contribution in [0, 0.1) is 0 Å². The number of rotatable bonds is 7. The maximum Gasteiger partial charge on any atom is 0.106 e. The highest BCUT2D eigenvalue weighted by molar-refractivity contribution is 7.80. The lowest BCUT2D eigenvalue weighted by atomic mass is 10.1. The molecule has 1 aromatic carbocycles. The van der Waals surface area contributed by atoms with Crippen molar-refractivity contribution in [2.45, 2.75) is 26.3 Å². The Labute approximate surface area is 126 Å². The number of nitrogens with two attached hydrogens (primary N) is 1. The maximum absolute atomic E-state index is 5.95. The summed E-state index contributed by atoms with van der Waals surface area (Å²) in [6.07, 6.45) is 1.15. The van der Waals surface area contributed by atoms with Crippen LogP contribution in [0.15, 0.2) is 18.2 Å². The first kappa shape index (κ1) is 16.2. The summed E-state index contributed by atoms with van der Waals surface area (Å²) in [5, 5.41) is 4.01. The van der Waals surface area contributed by atoms with E-state index < -0.39 is 0 Å². The van der Waals surface area contributed by atoms with Crippen molar-refractivity contribution >= 4 is 34.5 Å². The van der Waals surface area contributed by atoms with Gasteiger partial charge in [0, 0.05) is 35.4 Å². The second-order valence-electron chi connectivity index (χ2n) is 4.72. The summed E-state index contributed by atoms with van der Waals surface area (Å²) < 4.78 is 0. The van der Waals surface area contributed by atoms with E-state index in [2.05, 4.69) is 31.1 Å². The minimum absolute atomic E-state index is 0.361. The minimum Gasteiger partial charge on any atom is -0.389 e. The SMILES string of the molecule is CCC(C)N(C)CCNc1ccc(Cl)cc1C(N)=S. The lowest BCUT2D eigenvalue weighted by molar-refractivity contribution is 0.261. The lowest BCUT2D eigenvalue weighted by Crippen LogP contribution is -2.32. The van der Waals surface area contributed by atoms with E-state index in [-0.39, 0.29) is 0 Å². The van der Waals surface area contributed by atoms with Crippen molar-refractivity contribution in [1.29, 1.82) is 0 Å². The van der Waals surface area contributed by atoms with Gasteiger partial charge >= 0.3 is 0 Å². The monoisotopic (exact) mass is 299 g/mol. The Bertz CT molecular complexity index is 437. The van der Waals surface area contributed by atoms with Gasteiger partial charge in [-0.2, -0.15) is 0 Å². The van der Waals surface area contributed by atoms with Gasteiger partial charge < -0.3 is 16.0 Å². The molecule has 1 rings (SSSR count). The molecule has 0 amide bonds. The quantitative estimate of drug-likeness (QED) is 0.759. The van der Waals surface area contributed by atoms with Crippen molar-refractivity contribution in [3.63, 3.8) is 0 Å². The van der Waals surface area contributed by atoms with E-state index in [1.54, 1.807) is 6.07 Å². The third-order valence-corrected chi connectivity index (χ3v) is 3.83. The summed E-state index contributed by atoms with van der Waals surface area (Å²) in [7, 11) is 2.13. The lowest BCUT2D eigenvalue weighted by Gasteiger charge is -2.24. The maximum atomic E-state index is 5.95. The van der Waals surface area contributed by atoms with E-state index in [4.69, 9.17) is 29.6 Å². The number of likely N-dealkylation sites (N-methyl/N-ethyl adjacent to an activating group) is 1. The first-order valence-corrected chi connectivity index (χ1v) is 7.27. The fourth-order valence-electron chi connectivity index (χ4n) is 1.77. The molecule has 0 radical (unpaired) electrons. The van der Waals surface area contributed by atoms with Crippen LogP contribution in [0.3, 0.4) is 0 Å². The molecule has 5 heteroatoms. The number of thiocarbonyl (C=S) groups is 1. The van der Waals surface area contributed by atoms with Crippen molar-refractivity contribution in [1.82, 2.24) is 4.90 Å². The number of anilines is 1. The highest BCUT2D eigenvalue weighted by Gasteiger charge is 2.08. The van der Waals surface area contributed by atoms with Crippen molar-refractivity contribution in [2.75, 3.05) is 25.5 Å². The van der Waals surface area contributed by atoms with Gasteiger partial charge in [0.1, 0.15) is 4.99 Å². The predicted molar refractivity (Wildman–Crippen MR) is 88.2 cm³/mol. The second-order valence-corrected chi connectivity index (χ2v) is 5.60. The van der Waals surface area contributed by atoms with Gasteiger partial charge in [-0.25, -0.2) is 0 Å². The summed E-state index contributed by atoms with van der Waals surface area (Å²) in [4.78, 5) is 2.68. The van der Waals surface area contributed by atoms with Crippen molar-refractivity contribution in [2.24, 2.45) is 5.73 Å². The molecule has 19 heavy (non-hydrogen) atoms. The average molecular weight is 300 g/mol. The molecule has 0 aromatic heterocycles. The molecule has 0 heterocycles. The Balaban J connectivity index is 2.61. The number of nitrogens with zero attached hydrogens (tertiary/aromatic N) is 1. The molecule has 0 aliphatic rings. The third-order valence-electron chi connectivity index (χ3n) is 3.37. The standard InChI is InChI=1S/C14H22ClN3S/c1-4-10(2)18(3)8-7-17-13-6-5-11(15)9-12(13)14(16)19/h5-6,9-10,17H,4,7-8H2,1-3H3,(H2,16,19). The number of hydrogen-bond donors (Lipinski definition) is 2. The molecule has 0 aliphatic heterocycles. The van der Waals surface area contributed by atoms with Gasteiger partial charge in [0.2, 0.25) is 0 Å². The third kappa shape index (κ3) is 4.97. The fourth-order valence-corrected chi connectivity index (χ4v) is 2.11. The molecule has 3 N–H and O–H groups in total. The van der Waals surface area contributed by atoms with Crippen LogP contribution in [0.25, 0.3) is 0 Å². The van der Waals surface area contributed by atoms with Gasteiger partial charge in [0.25, 0.3) is 0 Å². The largest absolute Gasteiger partial charge is 0.389 e. The first-order chi connectivity index (χ1) is 8.95. The van der Waals surface area contributed by atoms with Gasteiger partial charge in [-0.3, -0.25) is 0 Å². The molecular formula is C14H22ClN3S. The smallest absolute Gasteiger partial charge is 0.106 e. The molecule has 1 atom stereocenters. The summed E-state index contributed by atoms with van der Waals surface area (Å²) in [6, 6.07) is 6.14. The molecule has 1 unspecified atom stereocenters. The highest BCUT2D eigenvalue weighted by atomic mass is 35.5. The van der Waals surface area contributed by atoms with Gasteiger partial charge in [-0.05, 0) is 38.6 Å². The number of benzene rings is 1. The van der Waals surface area contributed by atoms with Crippen molar-refractivity contribution in [3.05, 3.63) is 28.8 Å². The van der Waals surface area contributed by atoms with Crippen LogP contribution in [0.5, 0.6) is 0 Å². The average Bonchev–Trinajstić information content (AvgIpc) is 2.38. The van der Waals surface area contributed by atoms with Gasteiger partial charge in [-0.1, -0.05) is 30.7 Å². The van der Waals surface area contributed by atoms with Crippen LogP contribution < -0.4 is 11.1 Å². The van der Waals surface area contributed by atoms with Crippen LogP contribution in [-0.4, -0.2) is 36.1 Å². The minimum atomic E-state index is 0.361. The zero-order valence-corrected chi connectivity index (χ0v) is 13.3. The molecule has 0 fully saturated rings. The molecule has 0 bridgehead atoms. The number of halogens is 1. The molecule has 3 nitrogen and oxygen atoms in total. The Hall–Kier alpha value is -0.840. The Morgan fingerprint density at radius 1 is 1.53 bits per heavy atom. The molecule has 106 valence electrons. The fraction of sp³-hybridized carbons (Fsp3) is 0.500. The Morgan fingerprint density at radius 2 is 2.21 bits per heavy atom. The Kier molecular flexibility index (Phi) is 6.55. The normalized spacial score (nSPS) is 12.5.